The number of fused-ring (bicyclic) bond motifs is 6. The van der Waals surface area contributed by atoms with Gasteiger partial charge in [-0.05, 0) is 221 Å². The molecule has 3 aromatic heterocycles. The molecule has 0 aliphatic heterocycles. The number of aryl methyl sites for hydroxylation is 4. The van der Waals surface area contributed by atoms with Crippen molar-refractivity contribution in [2.24, 2.45) is 64.7 Å². The fourth-order valence-electron chi connectivity index (χ4n) is 10.3. The number of hydrogen-bond acceptors (Lipinski definition) is 15. The van der Waals surface area contributed by atoms with Crippen LogP contribution in [-0.2, 0) is 0 Å². The minimum absolute atomic E-state index is 0.000000000000000444. The minimum Gasteiger partial charge on any atom is -0.354 e. The highest BCUT2D eigenvalue weighted by Crippen LogP contribution is 2.49. The van der Waals surface area contributed by atoms with Gasteiger partial charge in [-0.15, -0.1) is 0 Å². The first-order valence-electron chi connectivity index (χ1n) is 23.5. The Morgan fingerprint density at radius 2 is 0.810 bits per heavy atom. The average Bonchev–Trinajstić information content (AvgIpc) is 4.11. The van der Waals surface area contributed by atoms with E-state index in [4.69, 9.17) is 46.3 Å². The molecule has 18 heteroatoms. The zero-order valence-electron chi connectivity index (χ0n) is 39.7. The largest absolute Gasteiger partial charge is 0.354 e. The van der Waals surface area contributed by atoms with Crippen LogP contribution in [0.25, 0.3) is 0 Å². The van der Waals surface area contributed by atoms with E-state index in [2.05, 4.69) is 80.1 Å². The lowest BCUT2D eigenvalue weighted by Gasteiger charge is -2.21. The lowest BCUT2D eigenvalue weighted by atomic mass is 9.89. The van der Waals surface area contributed by atoms with Gasteiger partial charge in [0, 0.05) is 13.1 Å². The molecule has 0 radical (unpaired) electrons. The molecule has 15 nitrogen and oxygen atoms in total. The molecule has 9 rings (SSSR count). The van der Waals surface area contributed by atoms with Crippen LogP contribution >= 0.6 is 34.8 Å². The molecule has 6 saturated carbocycles. The third kappa shape index (κ3) is 20.2. The van der Waals surface area contributed by atoms with Crippen molar-refractivity contribution >= 4 is 46.7 Å². The molecular weight excluding hydrogens is 857 g/mol. The molecule has 0 amide bonds. The monoisotopic (exact) mass is 936 g/mol. The van der Waals surface area contributed by atoms with Crippen molar-refractivity contribution < 1.29 is 0 Å². The summed E-state index contributed by atoms with van der Waals surface area (Å²) in [6.07, 6.45) is 17.8. The fraction of sp³-hybridized carbons (Fsp3) is 0.800. The number of halogens is 3. The van der Waals surface area contributed by atoms with Gasteiger partial charge in [-0.25, -0.2) is 9.97 Å². The van der Waals surface area contributed by atoms with E-state index in [0.717, 1.165) is 115 Å². The van der Waals surface area contributed by atoms with Crippen molar-refractivity contribution in [2.75, 3.05) is 64.0 Å². The molecule has 3 aromatic rings. The molecule has 6 fully saturated rings. The predicted molar refractivity (Wildman–Crippen MR) is 260 cm³/mol. The van der Waals surface area contributed by atoms with Gasteiger partial charge in [0.2, 0.25) is 27.7 Å². The second-order valence-electron chi connectivity index (χ2n) is 17.8. The van der Waals surface area contributed by atoms with E-state index in [0.29, 0.717) is 5.95 Å². The quantitative estimate of drug-likeness (QED) is 0.119. The maximum Gasteiger partial charge on any atom is 0.227 e. The Hall–Kier alpha value is -2.66. The van der Waals surface area contributed by atoms with Gasteiger partial charge < -0.3 is 32.7 Å². The molecule has 3 heterocycles. The normalized spacial score (nSPS) is 26.2. The molecule has 9 unspecified atom stereocenters. The lowest BCUT2D eigenvalue weighted by Crippen LogP contribution is -2.23. The van der Waals surface area contributed by atoms with Crippen molar-refractivity contribution in [2.45, 2.75) is 126 Å². The summed E-state index contributed by atoms with van der Waals surface area (Å²) < 4.78 is 0. The van der Waals surface area contributed by atoms with Crippen molar-refractivity contribution in [1.82, 2.24) is 55.5 Å². The van der Waals surface area contributed by atoms with Gasteiger partial charge in [0.1, 0.15) is 23.3 Å². The van der Waals surface area contributed by atoms with E-state index in [1.54, 1.807) is 6.42 Å². The van der Waals surface area contributed by atoms with E-state index in [1.165, 1.54) is 77.2 Å². The summed E-state index contributed by atoms with van der Waals surface area (Å²) in [5.41, 5.74) is 10.5. The van der Waals surface area contributed by atoms with Crippen molar-refractivity contribution in [3.05, 3.63) is 39.1 Å². The van der Waals surface area contributed by atoms with Crippen LogP contribution in [0.15, 0.2) is 0 Å². The zero-order chi connectivity index (χ0) is 46.3. The van der Waals surface area contributed by atoms with Crippen LogP contribution in [0.5, 0.6) is 0 Å². The first kappa shape index (κ1) is 54.7. The Morgan fingerprint density at radius 1 is 0.460 bits per heavy atom. The van der Waals surface area contributed by atoms with Crippen LogP contribution in [0, 0.1) is 81.0 Å². The van der Waals surface area contributed by atoms with Crippen LogP contribution in [0.1, 0.15) is 121 Å². The average molecular weight is 938 g/mol. The molecule has 6 aliphatic carbocycles. The maximum absolute atomic E-state index is 5.62. The van der Waals surface area contributed by atoms with Crippen molar-refractivity contribution in [3.8, 4) is 0 Å². The molecule has 6 bridgehead atoms. The van der Waals surface area contributed by atoms with Crippen LogP contribution < -0.4 is 32.7 Å². The van der Waals surface area contributed by atoms with E-state index in [1.807, 2.05) is 48.6 Å². The summed E-state index contributed by atoms with van der Waals surface area (Å²) in [4.78, 5) is 35.4. The van der Waals surface area contributed by atoms with Gasteiger partial charge in [0.25, 0.3) is 0 Å². The molecule has 9 atom stereocenters. The summed E-state index contributed by atoms with van der Waals surface area (Å²) in [6.45, 7) is 19.4. The standard InChI is InChI=1S/C13H20N4.C9H17N.C8H15N.C7H12N4.C3Cl3N3.C3H9N.C2H7N/c1-8-15-9(2)17-13(16-8)14-7-12-6-10-3-4-11(12)5-10;1-10-6-9-5-7-2-3-8(9)4-7;9-5-8-4-6-1-2-7(8)3-6;1-4-8-7-10-5(2)9-6(3)11-7;4-1-7-2(5)9-3(6)8-1;1-3-4-2;1-2-3/h10-12H,3-7H2,1-2H3,(H,14,15,16,17);7-10H,2-6H2,1H3;6-8H,1-5,9H2;4H2,1-3H3,(H,8,9,10,11);;4H,3H2,1-2H3;2-3H2,1H3. The molecule has 63 heavy (non-hydrogen) atoms. The number of aromatic nitrogens is 9. The highest BCUT2D eigenvalue weighted by atomic mass is 35.5. The Bertz CT molecular complexity index is 1630. The van der Waals surface area contributed by atoms with Crippen LogP contribution in [0.3, 0.4) is 0 Å². The lowest BCUT2D eigenvalue weighted by molar-refractivity contribution is 0.326. The molecule has 0 spiro atoms. The zero-order valence-corrected chi connectivity index (χ0v) is 42.0. The summed E-state index contributed by atoms with van der Waals surface area (Å²) in [7, 11) is 4.01. The molecular formula is C45H80Cl3N15. The molecule has 0 saturated heterocycles. The Labute approximate surface area is 393 Å². The Morgan fingerprint density at radius 3 is 1.08 bits per heavy atom. The summed E-state index contributed by atoms with van der Waals surface area (Å²) in [6, 6.07) is 0. The predicted octanol–water partition coefficient (Wildman–Crippen LogP) is 8.30. The van der Waals surface area contributed by atoms with Crippen LogP contribution in [0.2, 0.25) is 15.9 Å². The van der Waals surface area contributed by atoms with E-state index < -0.39 is 0 Å². The SMILES string of the molecule is CCN.CCNC.CCNc1nc(C)nc(C)n1.CNCC1CC2CCC1C2.Cc1nc(C)nc(NCC2CC3CCC2C3)n1.Clc1nc(Cl)nc(Cl)n1.NCC1CC2CCC1C2. The second-order valence-corrected chi connectivity index (χ2v) is 18.8. The number of nitrogens with one attached hydrogen (secondary N) is 4. The van der Waals surface area contributed by atoms with Gasteiger partial charge in [0.15, 0.2) is 0 Å². The Balaban J connectivity index is 0.000000206. The van der Waals surface area contributed by atoms with Crippen LogP contribution in [0.4, 0.5) is 11.9 Å². The molecule has 6 aliphatic rings. The maximum atomic E-state index is 5.62. The van der Waals surface area contributed by atoms with Gasteiger partial charge in [-0.2, -0.15) is 34.9 Å². The minimum atomic E-state index is 0.000000000000000444. The number of rotatable bonds is 9. The summed E-state index contributed by atoms with van der Waals surface area (Å²) >= 11 is 16.0. The fourth-order valence-corrected chi connectivity index (χ4v) is 10.9. The molecule has 0 aromatic carbocycles. The molecule has 356 valence electrons. The van der Waals surface area contributed by atoms with Gasteiger partial charge in [-0.1, -0.05) is 33.1 Å². The first-order valence-corrected chi connectivity index (χ1v) is 24.7. The smallest absolute Gasteiger partial charge is 0.227 e. The Kier molecular flexibility index (Phi) is 25.9. The summed E-state index contributed by atoms with van der Waals surface area (Å²) in [5, 5.41) is 12.6. The van der Waals surface area contributed by atoms with Crippen molar-refractivity contribution in [1.29, 1.82) is 0 Å². The van der Waals surface area contributed by atoms with Crippen molar-refractivity contribution in [3.63, 3.8) is 0 Å². The highest BCUT2D eigenvalue weighted by Gasteiger charge is 2.40. The van der Waals surface area contributed by atoms with Gasteiger partial charge >= 0.3 is 0 Å². The van der Waals surface area contributed by atoms with Crippen LogP contribution in [-0.4, -0.2) is 98.2 Å². The number of nitrogens with zero attached hydrogens (tertiary/aromatic N) is 9. The number of nitrogens with two attached hydrogens (primary N) is 2. The molecule has 8 N–H and O–H groups in total. The third-order valence-corrected chi connectivity index (χ3v) is 13.4. The van der Waals surface area contributed by atoms with Gasteiger partial charge in [-0.3, -0.25) is 0 Å². The topological polar surface area (TPSA) is 216 Å². The third-order valence-electron chi connectivity index (χ3n) is 12.9. The van der Waals surface area contributed by atoms with Gasteiger partial charge in [0.05, 0.1) is 0 Å². The number of hydrogen-bond donors (Lipinski definition) is 6. The second kappa shape index (κ2) is 29.8. The van der Waals surface area contributed by atoms with E-state index >= 15 is 0 Å². The highest BCUT2D eigenvalue weighted by molar-refractivity contribution is 6.33. The summed E-state index contributed by atoms with van der Waals surface area (Å²) in [5.74, 6) is 13.6. The number of anilines is 2. The first-order chi connectivity index (χ1) is 30.2. The van der Waals surface area contributed by atoms with E-state index in [9.17, 15) is 0 Å². The van der Waals surface area contributed by atoms with E-state index in [-0.39, 0.29) is 15.9 Å².